The molecule has 0 aliphatic carbocycles. The van der Waals surface area contributed by atoms with Crippen molar-refractivity contribution in [3.8, 4) is 0 Å². The van der Waals surface area contributed by atoms with E-state index in [0.717, 1.165) is 26.3 Å². The van der Waals surface area contributed by atoms with Gasteiger partial charge in [0.15, 0.2) is 0 Å². The average molecular weight is 235 g/mol. The number of ether oxygens (including phenoxy) is 1. The molecule has 0 spiro atoms. The largest absolute Gasteiger partial charge is 0.396 e. The van der Waals surface area contributed by atoms with Crippen LogP contribution in [-0.2, 0) is 4.74 Å². The summed E-state index contributed by atoms with van der Waals surface area (Å²) in [6.45, 7) is 7.83. The fraction of sp³-hybridized carbons (Fsp3) is 0.571. The van der Waals surface area contributed by atoms with Crippen LogP contribution in [0.25, 0.3) is 0 Å². The van der Waals surface area contributed by atoms with Crippen molar-refractivity contribution in [2.45, 2.75) is 19.8 Å². The standard InChI is InChI=1S/C14H21NO2/c1-11-3-4-13(12(2)10-16)14(9-11)15-5-7-17-8-6-15/h3-4,9,12,16H,5-8,10H2,1-2H3. The van der Waals surface area contributed by atoms with Gasteiger partial charge in [-0.15, -0.1) is 0 Å². The third kappa shape index (κ3) is 2.79. The first-order valence-corrected chi connectivity index (χ1v) is 6.26. The summed E-state index contributed by atoms with van der Waals surface area (Å²) in [5.74, 6) is 0.188. The third-order valence-electron chi connectivity index (χ3n) is 3.34. The van der Waals surface area contributed by atoms with Gasteiger partial charge in [-0.2, -0.15) is 0 Å². The Morgan fingerprint density at radius 3 is 2.71 bits per heavy atom. The predicted octanol–water partition coefficient (Wildman–Crippen LogP) is 1.93. The van der Waals surface area contributed by atoms with E-state index >= 15 is 0 Å². The number of hydrogen-bond donors (Lipinski definition) is 1. The number of hydrogen-bond acceptors (Lipinski definition) is 3. The average Bonchev–Trinajstić information content (AvgIpc) is 2.39. The number of benzene rings is 1. The van der Waals surface area contributed by atoms with Gasteiger partial charge >= 0.3 is 0 Å². The van der Waals surface area contributed by atoms with Crippen molar-refractivity contribution < 1.29 is 9.84 Å². The van der Waals surface area contributed by atoms with Gasteiger partial charge in [-0.05, 0) is 24.1 Å². The summed E-state index contributed by atoms with van der Waals surface area (Å²) in [6, 6.07) is 6.47. The summed E-state index contributed by atoms with van der Waals surface area (Å²) in [4.78, 5) is 2.36. The van der Waals surface area contributed by atoms with E-state index in [1.165, 1.54) is 16.8 Å². The Balaban J connectivity index is 2.31. The van der Waals surface area contributed by atoms with Gasteiger partial charge < -0.3 is 14.7 Å². The number of rotatable bonds is 3. The lowest BCUT2D eigenvalue weighted by Crippen LogP contribution is -2.37. The van der Waals surface area contributed by atoms with Crippen LogP contribution in [0.15, 0.2) is 18.2 Å². The highest BCUT2D eigenvalue weighted by molar-refractivity contribution is 5.57. The number of morpholine rings is 1. The molecule has 1 atom stereocenters. The number of aryl methyl sites for hydroxylation is 1. The molecule has 94 valence electrons. The van der Waals surface area contributed by atoms with Gasteiger partial charge in [-0.1, -0.05) is 19.1 Å². The zero-order chi connectivity index (χ0) is 12.3. The summed E-state index contributed by atoms with van der Waals surface area (Å²) < 4.78 is 5.39. The van der Waals surface area contributed by atoms with Crippen LogP contribution in [0.1, 0.15) is 24.0 Å². The molecule has 1 aromatic rings. The normalized spacial score (nSPS) is 18.2. The lowest BCUT2D eigenvalue weighted by atomic mass is 9.97. The Labute approximate surface area is 103 Å². The van der Waals surface area contributed by atoms with Gasteiger partial charge in [0, 0.05) is 31.3 Å². The van der Waals surface area contributed by atoms with Gasteiger partial charge in [0.1, 0.15) is 0 Å². The van der Waals surface area contributed by atoms with Crippen LogP contribution in [0, 0.1) is 6.92 Å². The Hall–Kier alpha value is -1.06. The maximum atomic E-state index is 9.34. The summed E-state index contributed by atoms with van der Waals surface area (Å²) in [5.41, 5.74) is 3.76. The fourth-order valence-electron chi connectivity index (χ4n) is 2.25. The molecule has 0 aromatic heterocycles. The summed E-state index contributed by atoms with van der Waals surface area (Å²) in [6.07, 6.45) is 0. The number of nitrogens with zero attached hydrogens (tertiary/aromatic N) is 1. The Morgan fingerprint density at radius 2 is 2.06 bits per heavy atom. The fourth-order valence-corrected chi connectivity index (χ4v) is 2.25. The minimum atomic E-state index is 0.188. The van der Waals surface area contributed by atoms with E-state index in [1.807, 2.05) is 0 Å². The van der Waals surface area contributed by atoms with Crippen LogP contribution in [-0.4, -0.2) is 38.0 Å². The zero-order valence-corrected chi connectivity index (χ0v) is 10.6. The topological polar surface area (TPSA) is 32.7 Å². The first-order chi connectivity index (χ1) is 8.22. The molecule has 1 saturated heterocycles. The van der Waals surface area contributed by atoms with Gasteiger partial charge in [-0.3, -0.25) is 0 Å². The van der Waals surface area contributed by atoms with Crippen molar-refractivity contribution in [2.24, 2.45) is 0 Å². The Morgan fingerprint density at radius 1 is 1.35 bits per heavy atom. The molecular weight excluding hydrogens is 214 g/mol. The van der Waals surface area contributed by atoms with Crippen LogP contribution in [0.4, 0.5) is 5.69 Å². The summed E-state index contributed by atoms with van der Waals surface area (Å²) in [7, 11) is 0. The van der Waals surface area contributed by atoms with Crippen molar-refractivity contribution in [1.29, 1.82) is 0 Å². The Bertz CT molecular complexity index is 372. The monoisotopic (exact) mass is 235 g/mol. The van der Waals surface area contributed by atoms with E-state index in [1.54, 1.807) is 0 Å². The smallest absolute Gasteiger partial charge is 0.0642 e. The van der Waals surface area contributed by atoms with Crippen molar-refractivity contribution in [1.82, 2.24) is 0 Å². The van der Waals surface area contributed by atoms with Crippen LogP contribution >= 0.6 is 0 Å². The molecule has 1 fully saturated rings. The number of anilines is 1. The maximum absolute atomic E-state index is 9.34. The van der Waals surface area contributed by atoms with Crippen molar-refractivity contribution >= 4 is 5.69 Å². The van der Waals surface area contributed by atoms with Crippen molar-refractivity contribution in [3.05, 3.63) is 29.3 Å². The molecule has 1 N–H and O–H groups in total. The second kappa shape index (κ2) is 5.52. The summed E-state index contributed by atoms with van der Waals surface area (Å²) in [5, 5.41) is 9.34. The van der Waals surface area contributed by atoms with Crippen molar-refractivity contribution in [3.63, 3.8) is 0 Å². The van der Waals surface area contributed by atoms with Gasteiger partial charge in [0.25, 0.3) is 0 Å². The lowest BCUT2D eigenvalue weighted by Gasteiger charge is -2.32. The highest BCUT2D eigenvalue weighted by atomic mass is 16.5. The van der Waals surface area contributed by atoms with Crippen LogP contribution in [0.5, 0.6) is 0 Å². The molecule has 2 rings (SSSR count). The maximum Gasteiger partial charge on any atom is 0.0642 e. The van der Waals surface area contributed by atoms with E-state index < -0.39 is 0 Å². The lowest BCUT2D eigenvalue weighted by molar-refractivity contribution is 0.122. The SMILES string of the molecule is Cc1ccc(C(C)CO)c(N2CCOCC2)c1. The van der Waals surface area contributed by atoms with E-state index in [9.17, 15) is 5.11 Å². The predicted molar refractivity (Wildman–Crippen MR) is 69.7 cm³/mol. The van der Waals surface area contributed by atoms with Crippen LogP contribution < -0.4 is 4.90 Å². The molecule has 3 nitrogen and oxygen atoms in total. The number of aliphatic hydroxyl groups excluding tert-OH is 1. The molecule has 0 bridgehead atoms. The minimum Gasteiger partial charge on any atom is -0.396 e. The highest BCUT2D eigenvalue weighted by Crippen LogP contribution is 2.29. The zero-order valence-electron chi connectivity index (χ0n) is 10.6. The molecule has 1 aliphatic heterocycles. The van der Waals surface area contributed by atoms with E-state index in [-0.39, 0.29) is 12.5 Å². The molecule has 1 heterocycles. The first kappa shape index (κ1) is 12.4. The van der Waals surface area contributed by atoms with Gasteiger partial charge in [0.05, 0.1) is 13.2 Å². The van der Waals surface area contributed by atoms with Crippen LogP contribution in [0.3, 0.4) is 0 Å². The molecule has 1 aromatic carbocycles. The third-order valence-corrected chi connectivity index (χ3v) is 3.34. The number of aliphatic hydroxyl groups is 1. The van der Waals surface area contributed by atoms with E-state index in [0.29, 0.717) is 0 Å². The summed E-state index contributed by atoms with van der Waals surface area (Å²) >= 11 is 0. The second-order valence-electron chi connectivity index (χ2n) is 4.75. The molecule has 1 unspecified atom stereocenters. The molecular formula is C14H21NO2. The Kier molecular flexibility index (Phi) is 4.02. The first-order valence-electron chi connectivity index (χ1n) is 6.26. The van der Waals surface area contributed by atoms with Crippen LogP contribution in [0.2, 0.25) is 0 Å². The van der Waals surface area contributed by atoms with E-state index in [2.05, 4.69) is 36.9 Å². The van der Waals surface area contributed by atoms with Crippen molar-refractivity contribution in [2.75, 3.05) is 37.8 Å². The highest BCUT2D eigenvalue weighted by Gasteiger charge is 2.17. The molecule has 1 aliphatic rings. The van der Waals surface area contributed by atoms with E-state index in [4.69, 9.17) is 4.74 Å². The molecule has 3 heteroatoms. The molecule has 17 heavy (non-hydrogen) atoms. The second-order valence-corrected chi connectivity index (χ2v) is 4.75. The molecule has 0 radical (unpaired) electrons. The quantitative estimate of drug-likeness (QED) is 0.869. The molecule has 0 saturated carbocycles. The molecule has 0 amide bonds. The van der Waals surface area contributed by atoms with Gasteiger partial charge in [-0.25, -0.2) is 0 Å². The minimum absolute atomic E-state index is 0.188. The van der Waals surface area contributed by atoms with Gasteiger partial charge in [0.2, 0.25) is 0 Å².